The minimum absolute atomic E-state index is 0.699. The molecular weight excluding hydrogens is 1450 g/mol. The van der Waals surface area contributed by atoms with Gasteiger partial charge in [-0.15, -0.1) is 0 Å². The zero-order valence-electron chi connectivity index (χ0n) is 48.4. The fourth-order valence-electron chi connectivity index (χ4n) is 10.4. The van der Waals surface area contributed by atoms with Crippen LogP contribution >= 0.6 is 0 Å². The lowest BCUT2D eigenvalue weighted by atomic mass is 9.94. The normalized spacial score (nSPS) is 41.5. The van der Waals surface area contributed by atoms with Gasteiger partial charge in [-0.2, -0.15) is 51.5 Å². The average Bonchev–Trinajstić information content (AvgIpc) is 0.810. The van der Waals surface area contributed by atoms with Crippen molar-refractivity contribution < 1.29 is 220 Å². The summed E-state index contributed by atoms with van der Waals surface area (Å²) in [5.74, 6) is -7.80. The molecule has 6 rings (SSSR count). The van der Waals surface area contributed by atoms with Crippen molar-refractivity contribution in [2.24, 2.45) is 0 Å². The Kier molecular flexibility index (Phi) is 27.2. The third kappa shape index (κ3) is 20.8. The van der Waals surface area contributed by atoms with Gasteiger partial charge in [0.1, 0.15) is 116 Å². The van der Waals surface area contributed by atoms with E-state index >= 15 is 0 Å². The molecule has 0 aliphatic carbocycles. The Labute approximate surface area is 539 Å². The number of carboxylic acid groups (broad SMARTS) is 3. The zero-order chi connectivity index (χ0) is 72.6. The van der Waals surface area contributed by atoms with Gasteiger partial charge in [-0.05, 0) is 13.8 Å². The first-order chi connectivity index (χ1) is 44.0. The third-order valence-corrected chi connectivity index (χ3v) is 16.9. The molecule has 0 spiro atoms. The van der Waals surface area contributed by atoms with Crippen LogP contribution < -0.4 is 14.8 Å². The summed E-state index contributed by atoms with van der Waals surface area (Å²) in [5.41, 5.74) is 0. The quantitative estimate of drug-likeness (QED) is 0.0309. The van der Waals surface area contributed by atoms with Crippen LogP contribution in [0.25, 0.3) is 0 Å². The van der Waals surface area contributed by atoms with E-state index in [2.05, 4.69) is 12.5 Å². The van der Waals surface area contributed by atoms with Gasteiger partial charge in [-0.1, -0.05) is 0 Å². The van der Waals surface area contributed by atoms with Crippen LogP contribution in [0.5, 0.6) is 0 Å². The maximum Gasteiger partial charge on any atom is 0.397 e. The first-order valence-corrected chi connectivity index (χ1v) is 33.9. The lowest BCUT2D eigenvalue weighted by molar-refractivity contribution is -0.378. The number of carboxylic acids is 3. The maximum atomic E-state index is 13.0. The first-order valence-electron chi connectivity index (χ1n) is 27.0. The van der Waals surface area contributed by atoms with Crippen LogP contribution in [-0.2, 0) is 140 Å². The molecule has 6 fully saturated rings. The Hall–Kier alpha value is -3.65. The van der Waals surface area contributed by atoms with Gasteiger partial charge in [0, 0.05) is 6.92 Å². The molecule has 0 bridgehead atoms. The summed E-state index contributed by atoms with van der Waals surface area (Å²) in [6, 6.07) is -7.42. The number of aliphatic hydroxyl groups is 10. The van der Waals surface area contributed by atoms with E-state index in [0.717, 1.165) is 0 Å². The van der Waals surface area contributed by atoms with Crippen molar-refractivity contribution in [3.63, 3.8) is 0 Å². The molecule has 0 aromatic rings. The van der Waals surface area contributed by atoms with Crippen molar-refractivity contribution >= 4 is 75.6 Å². The fraction of sp³-hybridized carbons (Fsp3) is 0.902. The van der Waals surface area contributed by atoms with Crippen molar-refractivity contribution in [2.75, 3.05) is 19.8 Å². The van der Waals surface area contributed by atoms with Gasteiger partial charge in [0.05, 0.1) is 25.9 Å². The minimum atomic E-state index is -6.00. The molecular formula is C41H67N3O47S5. The number of rotatable bonds is 29. The number of aliphatic hydroxyl groups excluding tert-OH is 10. The smallest absolute Gasteiger partial charge is 0.397 e. The molecule has 0 radical (unpaired) electrons. The van der Waals surface area contributed by atoms with E-state index in [0.29, 0.717) is 6.92 Å². The molecule has 0 saturated carbocycles. The molecule has 0 aromatic carbocycles. The number of carbonyl (C=O) groups excluding carboxylic acids is 1. The molecule has 55 heteroatoms. The molecule has 50 nitrogen and oxygen atoms in total. The van der Waals surface area contributed by atoms with Crippen LogP contribution in [0, 0.1) is 0 Å². The van der Waals surface area contributed by atoms with Crippen LogP contribution in [0.3, 0.4) is 0 Å². The van der Waals surface area contributed by atoms with Gasteiger partial charge >= 0.3 is 69.7 Å². The molecule has 3 unspecified atom stereocenters. The van der Waals surface area contributed by atoms with Crippen molar-refractivity contribution in [2.45, 2.75) is 211 Å². The van der Waals surface area contributed by atoms with Crippen molar-refractivity contribution in [3.8, 4) is 0 Å². The topological polar surface area (TPSA) is 778 Å². The second-order valence-electron chi connectivity index (χ2n) is 21.6. The fourth-order valence-corrected chi connectivity index (χ4v) is 12.9. The molecule has 6 heterocycles. The van der Waals surface area contributed by atoms with E-state index in [1.165, 1.54) is 23.3 Å². The summed E-state index contributed by atoms with van der Waals surface area (Å²) < 4.78 is 250. The Morgan fingerprint density at radius 2 is 0.771 bits per heavy atom. The van der Waals surface area contributed by atoms with E-state index in [1.807, 2.05) is 5.32 Å². The van der Waals surface area contributed by atoms with E-state index in [-0.39, 0.29) is 0 Å². The standard InChI is InChI=1S/C41H67N3O47S5/c1-7(2)78-40-28(90-95(71,72)73)21(54)26(31(88-40)34(58)59)86-38-14(44-93(65,66)67)18(51)23(10(5-46)80-38)82-39-20(53)19(52)25(30(87-39)33(56)57)84-36-12(42-8(3)47)17(50)24(11(81-36)6-77-94(68,69)70)83-41-29(91-96(74,75)76)22(55)27(32(89-41)35(60)61)85-37-13(43-92(62,63)64)16(49)15(48)9(4-45)79-37/h7,9-32,36-41,43-46,48-55H,4-6H2,1-3H3,(H,42,47)(H,56,57)(H,58,59)(H,60,61)(H,62,63,64)(H,65,66,67)(H,68,69,70)(H,71,72,73)(H,74,75,76)/t9-,10+,11+,12-,13+,14-,15-,16+,17?,18-,19-,20-,21+,22+,23+,24-,25+,26+,27+,28-,29-,30?,31?,32-,36-,37-,38+,39-,40-,41-/m0/s1. The molecule has 6 aliphatic rings. The highest BCUT2D eigenvalue weighted by Gasteiger charge is 2.61. The van der Waals surface area contributed by atoms with Crippen molar-refractivity contribution in [1.82, 2.24) is 14.8 Å². The number of carbonyl (C=O) groups is 4. The highest BCUT2D eigenvalue weighted by atomic mass is 32.3. The Morgan fingerprint density at radius 3 is 1.19 bits per heavy atom. The summed E-state index contributed by atoms with van der Waals surface area (Å²) in [4.78, 5) is 51.1. The number of nitrogens with one attached hydrogen (secondary N) is 3. The predicted octanol–water partition coefficient (Wildman–Crippen LogP) is -14.0. The van der Waals surface area contributed by atoms with Crippen LogP contribution in [-0.4, -0.2) is 365 Å². The molecule has 21 N–H and O–H groups in total. The van der Waals surface area contributed by atoms with E-state index in [4.69, 9.17) is 56.8 Å². The van der Waals surface area contributed by atoms with E-state index in [1.54, 1.807) is 0 Å². The SMILES string of the molecule is CC(=O)N[C@H]1C(O)[C@@H](O[C@H]2O[C@H](C(=O)O)[C@H](O[C@@H]3O[C@@H](CO)[C@H](O)[C@H](O)[C@H]3NS(=O)(=O)O)[C@@H](O)[C@@H]2OS(=O)(=O)O)[C@@H](COS(=O)(=O)O)O[C@H]1O[C@H]1C(C(=O)O)O[C@H](O[C@H]2[C@@H](O)[C@H](NS(=O)(=O)O)[C@@H](O[C@H]3C(C(=O)O)O[C@H](OC(C)C)[C@@H](OS(=O)(=O)O)[C@@H]3O)O[C@@H]2CO)[C@@H](O)[C@@H]1O. The maximum absolute atomic E-state index is 13.0. The second kappa shape index (κ2) is 32.1. The molecule has 96 heavy (non-hydrogen) atoms. The summed E-state index contributed by atoms with van der Waals surface area (Å²) in [6.45, 7) is -1.04. The highest BCUT2D eigenvalue weighted by Crippen LogP contribution is 2.39. The number of aliphatic carboxylic acids is 3. The Bertz CT molecular complexity index is 3280. The molecule has 0 aromatic heterocycles. The Morgan fingerprint density at radius 1 is 0.406 bits per heavy atom. The van der Waals surface area contributed by atoms with Gasteiger partial charge in [0.2, 0.25) is 5.91 Å². The monoisotopic (exact) mass is 1510 g/mol. The number of hydrogen-bond donors (Lipinski definition) is 21. The Balaban J connectivity index is 1.30. The minimum Gasteiger partial charge on any atom is -0.479 e. The summed E-state index contributed by atoms with van der Waals surface area (Å²) in [6.07, 6.45) is -71.3. The largest absolute Gasteiger partial charge is 0.479 e. The third-order valence-electron chi connectivity index (χ3n) is 14.4. The lowest BCUT2D eigenvalue weighted by Gasteiger charge is -2.50. The number of hydrogen-bond acceptors (Lipinski definition) is 39. The van der Waals surface area contributed by atoms with Crippen LogP contribution in [0.1, 0.15) is 20.8 Å². The van der Waals surface area contributed by atoms with Crippen LogP contribution in [0.15, 0.2) is 0 Å². The van der Waals surface area contributed by atoms with Gasteiger partial charge in [0.15, 0.2) is 68.3 Å². The van der Waals surface area contributed by atoms with E-state index < -0.39 is 286 Å². The van der Waals surface area contributed by atoms with Gasteiger partial charge in [-0.3, -0.25) is 27.6 Å². The molecule has 6 aliphatic heterocycles. The van der Waals surface area contributed by atoms with Gasteiger partial charge in [0.25, 0.3) is 0 Å². The average molecular weight is 1510 g/mol. The molecule has 558 valence electrons. The number of ether oxygens (including phenoxy) is 12. The molecule has 30 atom stereocenters. The number of amides is 1. The summed E-state index contributed by atoms with van der Waals surface area (Å²) in [7, 11) is -28.4. The molecule has 1 amide bonds. The molecule has 6 saturated heterocycles. The summed E-state index contributed by atoms with van der Waals surface area (Å²) in [5, 5.41) is 144. The zero-order valence-corrected chi connectivity index (χ0v) is 52.5. The van der Waals surface area contributed by atoms with Crippen LogP contribution in [0.4, 0.5) is 0 Å². The van der Waals surface area contributed by atoms with Gasteiger partial charge in [-0.25, -0.2) is 26.9 Å². The van der Waals surface area contributed by atoms with Crippen molar-refractivity contribution in [3.05, 3.63) is 0 Å². The summed E-state index contributed by atoms with van der Waals surface area (Å²) >= 11 is 0. The highest BCUT2D eigenvalue weighted by molar-refractivity contribution is 7.84. The van der Waals surface area contributed by atoms with Gasteiger partial charge < -0.3 is 129 Å². The van der Waals surface area contributed by atoms with E-state index in [9.17, 15) is 150 Å². The lowest BCUT2D eigenvalue weighted by Crippen LogP contribution is -2.71. The second-order valence-corrected chi connectivity index (χ2v) is 27.1. The van der Waals surface area contributed by atoms with Crippen LogP contribution in [0.2, 0.25) is 0 Å². The first kappa shape index (κ1) is 81.3. The predicted molar refractivity (Wildman–Crippen MR) is 283 cm³/mol. The van der Waals surface area contributed by atoms with Crippen molar-refractivity contribution in [1.29, 1.82) is 0 Å².